The van der Waals surface area contributed by atoms with Crippen molar-refractivity contribution in [2.45, 2.75) is 92.1 Å². The van der Waals surface area contributed by atoms with Crippen LogP contribution in [-0.4, -0.2) is 177 Å². The smallest absolute Gasteiger partial charge is 0.338 e. The summed E-state index contributed by atoms with van der Waals surface area (Å²) in [6.07, 6.45) is -30.1. The Morgan fingerprint density at radius 3 is 0.623 bits per heavy atom. The minimum Gasteiger partial charge on any atom is -0.459 e. The molecule has 3 aliphatic heterocycles. The van der Waals surface area contributed by atoms with Crippen molar-refractivity contribution in [1.82, 2.24) is 0 Å². The molecule has 0 amide bonds. The van der Waals surface area contributed by atoms with Gasteiger partial charge in [0.15, 0.2) is 73.8 Å². The number of aliphatic hydroxyl groups is 1. The molecule has 15 atom stereocenters. The Hall–Kier alpha value is -13.3. The van der Waals surface area contributed by atoms with E-state index in [0.29, 0.717) is 0 Å². The van der Waals surface area contributed by atoms with E-state index in [0.717, 1.165) is 0 Å². The summed E-state index contributed by atoms with van der Waals surface area (Å²) in [6, 6.07) is 75.6. The SMILES string of the molecule is O=C(OC[C@H]1O[C@@H](OC[C@H]2O[C@@H](OC[C@H]3O[C@H](O)[C@H](OC(=O)c4ccccc4)[C@@H](OC(=O)c4ccccc4)[C@@H]3OC(=O)c3ccccc3)[C@H](OC(=O)c3ccccc3)[C@@H](OC(=O)c3ccccc3)[C@@H]2OC(=O)c2ccccc2)[C@H](OC(=O)c2ccccc2)[C@@H](OC(=O)c2ccccc2)[C@H]1OC(=O)c1ccccc1)c1ccccc1. The summed E-state index contributed by atoms with van der Waals surface area (Å²) >= 11 is 0. The molecule has 0 aliphatic carbocycles. The number of carbonyl (C=O) groups excluding carboxylic acids is 10. The highest BCUT2D eigenvalue weighted by Gasteiger charge is 2.59. The average molecular weight is 1550 g/mol. The summed E-state index contributed by atoms with van der Waals surface area (Å²) in [5, 5.41) is 12.3. The van der Waals surface area contributed by atoms with Crippen LogP contribution in [0.4, 0.5) is 0 Å². The highest BCUT2D eigenvalue weighted by Crippen LogP contribution is 2.38. The summed E-state index contributed by atoms with van der Waals surface area (Å²) < 4.78 is 96.0. The zero-order valence-electron chi connectivity index (χ0n) is 60.3. The standard InChI is InChI=1S/C88H72O26/c89-76(54-31-11-1-12-32-54)100-51-65-68(107-78(91)56-35-15-3-16-36-56)71(110-81(94)59-41-21-6-22-42-59)74(113-84(97)62-47-27-9-28-48-62)88(104-65)102-53-66-69(108-79(92)57-37-17-4-18-38-57)72(111-82(95)60-43-23-7-24-44-60)75(114-85(98)63-49-29-10-30-50-63)87(105-66)101-52-64-67(106-77(90)55-33-13-2-14-34-55)70(109-80(93)58-39-19-5-20-40-58)73(86(99)103-64)112-83(96)61-45-25-8-26-46-61/h1-50,64-75,86-88,99H,51-53H2/t64-,65-,66-,67-,68+,69-,70+,71+,72+,73-,74-,75-,86+,87-,88-/m1/s1. The second kappa shape index (κ2) is 38.1. The lowest BCUT2D eigenvalue weighted by molar-refractivity contribution is -0.337. The van der Waals surface area contributed by atoms with Crippen LogP contribution in [0.5, 0.6) is 0 Å². The van der Waals surface area contributed by atoms with Gasteiger partial charge in [-0.05, 0) is 121 Å². The fraction of sp³-hybridized carbons (Fsp3) is 0.205. The van der Waals surface area contributed by atoms with Crippen LogP contribution in [0.1, 0.15) is 104 Å². The molecule has 114 heavy (non-hydrogen) atoms. The molecule has 0 bridgehead atoms. The van der Waals surface area contributed by atoms with Gasteiger partial charge in [-0.3, -0.25) is 0 Å². The van der Waals surface area contributed by atoms with Gasteiger partial charge < -0.3 is 76.2 Å². The van der Waals surface area contributed by atoms with Gasteiger partial charge in [0.25, 0.3) is 0 Å². The van der Waals surface area contributed by atoms with E-state index in [2.05, 4.69) is 0 Å². The van der Waals surface area contributed by atoms with Crippen LogP contribution in [-0.2, 0) is 71.1 Å². The van der Waals surface area contributed by atoms with E-state index in [1.54, 1.807) is 121 Å². The van der Waals surface area contributed by atoms with Crippen molar-refractivity contribution in [2.24, 2.45) is 0 Å². The lowest BCUT2D eigenvalue weighted by Crippen LogP contribution is -2.66. The summed E-state index contributed by atoms with van der Waals surface area (Å²) in [5.74, 6) is -10.5. The van der Waals surface area contributed by atoms with Gasteiger partial charge in [-0.1, -0.05) is 182 Å². The third-order valence-corrected chi connectivity index (χ3v) is 18.3. The monoisotopic (exact) mass is 1540 g/mol. The first-order chi connectivity index (χ1) is 55.6. The summed E-state index contributed by atoms with van der Waals surface area (Å²) in [5.41, 5.74) is -0.345. The molecule has 580 valence electrons. The van der Waals surface area contributed by atoms with Crippen molar-refractivity contribution in [2.75, 3.05) is 19.8 Å². The number of hydrogen-bond acceptors (Lipinski definition) is 26. The van der Waals surface area contributed by atoms with E-state index in [-0.39, 0.29) is 55.6 Å². The fourth-order valence-electron chi connectivity index (χ4n) is 12.6. The third-order valence-electron chi connectivity index (χ3n) is 18.3. The van der Waals surface area contributed by atoms with Gasteiger partial charge in [-0.2, -0.15) is 0 Å². The molecule has 0 unspecified atom stereocenters. The predicted octanol–water partition coefficient (Wildman–Crippen LogP) is 11.1. The molecular weight excluding hydrogens is 1470 g/mol. The van der Waals surface area contributed by atoms with Crippen LogP contribution in [0.25, 0.3) is 0 Å². The van der Waals surface area contributed by atoms with Crippen molar-refractivity contribution >= 4 is 59.7 Å². The van der Waals surface area contributed by atoms with Gasteiger partial charge in [0.05, 0.1) is 68.8 Å². The van der Waals surface area contributed by atoms with Crippen molar-refractivity contribution in [3.63, 3.8) is 0 Å². The zero-order chi connectivity index (χ0) is 79.3. The molecular formula is C88H72O26. The molecule has 0 radical (unpaired) electrons. The number of benzene rings is 10. The average Bonchev–Trinajstić information content (AvgIpc) is 0.758. The molecule has 3 aliphatic rings. The lowest BCUT2D eigenvalue weighted by Gasteiger charge is -2.47. The summed E-state index contributed by atoms with van der Waals surface area (Å²) in [4.78, 5) is 146. The molecule has 26 nitrogen and oxygen atoms in total. The first-order valence-corrected chi connectivity index (χ1v) is 36.0. The molecule has 3 saturated heterocycles. The molecule has 26 heteroatoms. The maximum atomic E-state index is 15.0. The van der Waals surface area contributed by atoms with Crippen molar-refractivity contribution in [3.05, 3.63) is 359 Å². The quantitative estimate of drug-likeness (QED) is 0.0369. The van der Waals surface area contributed by atoms with E-state index in [9.17, 15) is 48.3 Å². The number of aliphatic hydroxyl groups excluding tert-OH is 1. The second-order valence-corrected chi connectivity index (χ2v) is 25.9. The van der Waals surface area contributed by atoms with Crippen LogP contribution in [0.15, 0.2) is 303 Å². The van der Waals surface area contributed by atoms with Gasteiger partial charge in [-0.15, -0.1) is 0 Å². The minimum absolute atomic E-state index is 0.00533. The Labute approximate surface area is 651 Å². The molecule has 0 saturated carbocycles. The number of rotatable bonds is 27. The summed E-state index contributed by atoms with van der Waals surface area (Å²) in [6.45, 7) is -2.78. The van der Waals surface area contributed by atoms with E-state index >= 15 is 4.79 Å². The Kier molecular flexibility index (Phi) is 26.3. The molecule has 10 aromatic rings. The third kappa shape index (κ3) is 19.9. The number of carbonyl (C=O) groups is 10. The highest BCUT2D eigenvalue weighted by molar-refractivity contribution is 5.95. The van der Waals surface area contributed by atoms with Gasteiger partial charge in [0.2, 0.25) is 0 Å². The van der Waals surface area contributed by atoms with E-state index in [1.165, 1.54) is 182 Å². The molecule has 0 aromatic heterocycles. The van der Waals surface area contributed by atoms with Crippen LogP contribution < -0.4 is 0 Å². The molecule has 3 fully saturated rings. The van der Waals surface area contributed by atoms with Gasteiger partial charge in [0, 0.05) is 0 Å². The molecule has 13 rings (SSSR count). The van der Waals surface area contributed by atoms with Crippen LogP contribution in [0.3, 0.4) is 0 Å². The second-order valence-electron chi connectivity index (χ2n) is 25.9. The van der Waals surface area contributed by atoms with Crippen LogP contribution in [0, 0.1) is 0 Å². The van der Waals surface area contributed by atoms with Crippen LogP contribution in [0.2, 0.25) is 0 Å². The fourth-order valence-corrected chi connectivity index (χ4v) is 12.6. The Bertz CT molecular complexity index is 4900. The highest BCUT2D eigenvalue weighted by atomic mass is 16.8. The van der Waals surface area contributed by atoms with Crippen molar-refractivity contribution < 1.29 is 124 Å². The number of hydrogen-bond donors (Lipinski definition) is 1. The maximum Gasteiger partial charge on any atom is 0.338 e. The largest absolute Gasteiger partial charge is 0.459 e. The zero-order valence-corrected chi connectivity index (χ0v) is 60.3. The van der Waals surface area contributed by atoms with Crippen LogP contribution >= 0.6 is 0 Å². The number of ether oxygens (including phenoxy) is 15. The Balaban J connectivity index is 0.937. The Morgan fingerprint density at radius 2 is 0.386 bits per heavy atom. The van der Waals surface area contributed by atoms with Crippen molar-refractivity contribution in [1.29, 1.82) is 0 Å². The van der Waals surface area contributed by atoms with Gasteiger partial charge in [0.1, 0.15) is 24.9 Å². The van der Waals surface area contributed by atoms with E-state index in [1.807, 2.05) is 0 Å². The Morgan fingerprint density at radius 1 is 0.211 bits per heavy atom. The number of esters is 10. The predicted molar refractivity (Wildman–Crippen MR) is 398 cm³/mol. The maximum absolute atomic E-state index is 15.0. The van der Waals surface area contributed by atoms with Crippen molar-refractivity contribution in [3.8, 4) is 0 Å². The topological polar surface area (TPSA) is 329 Å². The summed E-state index contributed by atoms with van der Waals surface area (Å²) in [7, 11) is 0. The first-order valence-electron chi connectivity index (χ1n) is 36.0. The normalized spacial score (nSPS) is 22.9. The van der Waals surface area contributed by atoms with E-state index < -0.39 is 172 Å². The minimum atomic E-state index is -2.25. The van der Waals surface area contributed by atoms with E-state index in [4.69, 9.17) is 71.1 Å². The lowest BCUT2D eigenvalue weighted by atomic mass is 9.96. The molecule has 0 spiro atoms. The molecule has 1 N–H and O–H groups in total. The van der Waals surface area contributed by atoms with Gasteiger partial charge in [-0.25, -0.2) is 47.9 Å². The van der Waals surface area contributed by atoms with Gasteiger partial charge >= 0.3 is 59.7 Å². The molecule has 3 heterocycles. The molecule has 10 aromatic carbocycles. The first kappa shape index (κ1) is 78.8.